The van der Waals surface area contributed by atoms with Crippen molar-refractivity contribution in [2.45, 2.75) is 58.5 Å². The highest BCUT2D eigenvalue weighted by Gasteiger charge is 2.39. The molecule has 188 valence electrons. The maximum atomic E-state index is 13.6. The summed E-state index contributed by atoms with van der Waals surface area (Å²) >= 11 is 0. The van der Waals surface area contributed by atoms with Crippen LogP contribution < -0.4 is 10.2 Å². The lowest BCUT2D eigenvalue weighted by Gasteiger charge is -2.36. The van der Waals surface area contributed by atoms with Gasteiger partial charge >= 0.3 is 18.2 Å². The van der Waals surface area contributed by atoms with Gasteiger partial charge in [0.15, 0.2) is 5.69 Å². The lowest BCUT2D eigenvalue weighted by Crippen LogP contribution is -2.52. The maximum Gasteiger partial charge on any atom is 0.434 e. The van der Waals surface area contributed by atoms with Crippen LogP contribution in [-0.2, 0) is 10.9 Å². The number of hydrogen-bond acceptors (Lipinski definition) is 6. The van der Waals surface area contributed by atoms with Gasteiger partial charge in [-0.05, 0) is 19.4 Å². The summed E-state index contributed by atoms with van der Waals surface area (Å²) in [5, 5.41) is 12.4. The number of anilines is 1. The first-order chi connectivity index (χ1) is 16.2. The molecule has 2 amide bonds. The number of nitriles is 1. The minimum Gasteiger partial charge on any atom is -0.462 e. The molecular weight excluding hydrogens is 451 g/mol. The van der Waals surface area contributed by atoms with Gasteiger partial charge < -0.3 is 19.9 Å². The molecule has 1 aromatic heterocycles. The van der Waals surface area contributed by atoms with E-state index < -0.39 is 23.4 Å². The Morgan fingerprint density at radius 1 is 1.12 bits per heavy atom. The van der Waals surface area contributed by atoms with E-state index in [1.54, 1.807) is 4.90 Å². The summed E-state index contributed by atoms with van der Waals surface area (Å²) in [6.07, 6.45) is 1.80. The standard InChI is InChI=1S/C23H32F3N5O3/c1-3-5-6-7-8-9-10-28-22(33)31-13-11-30(12-14-31)20-17(16-27)15-18(21(32)34-4-2)19(29-20)23(24,25)26/h15H,3-14H2,1-2H3,(H,28,33). The summed E-state index contributed by atoms with van der Waals surface area (Å²) < 4.78 is 45.5. The fraction of sp³-hybridized carbons (Fsp3) is 0.652. The van der Waals surface area contributed by atoms with E-state index in [1.807, 2.05) is 6.07 Å². The summed E-state index contributed by atoms with van der Waals surface area (Å²) in [5.41, 5.74) is -2.33. The third-order valence-corrected chi connectivity index (χ3v) is 5.56. The van der Waals surface area contributed by atoms with Crippen LogP contribution in [0, 0.1) is 11.3 Å². The summed E-state index contributed by atoms with van der Waals surface area (Å²) in [4.78, 5) is 31.2. The molecule has 0 aliphatic carbocycles. The molecule has 1 aliphatic heterocycles. The number of ether oxygens (including phenoxy) is 1. The highest BCUT2D eigenvalue weighted by Crippen LogP contribution is 2.34. The Labute approximate surface area is 198 Å². The second-order valence-electron chi connectivity index (χ2n) is 8.06. The van der Waals surface area contributed by atoms with Crippen molar-refractivity contribution < 1.29 is 27.5 Å². The van der Waals surface area contributed by atoms with Gasteiger partial charge in [-0.15, -0.1) is 0 Å². The van der Waals surface area contributed by atoms with Crippen LogP contribution in [0.15, 0.2) is 6.07 Å². The molecule has 1 aliphatic rings. The fourth-order valence-corrected chi connectivity index (χ4v) is 3.74. The van der Waals surface area contributed by atoms with Crippen molar-refractivity contribution in [1.82, 2.24) is 15.2 Å². The third-order valence-electron chi connectivity index (χ3n) is 5.56. The summed E-state index contributed by atoms with van der Waals surface area (Å²) in [5.74, 6) is -1.34. The number of aromatic nitrogens is 1. The number of esters is 1. The largest absolute Gasteiger partial charge is 0.462 e. The first-order valence-corrected chi connectivity index (χ1v) is 11.7. The van der Waals surface area contributed by atoms with Crippen LogP contribution in [0.3, 0.4) is 0 Å². The van der Waals surface area contributed by atoms with E-state index in [1.165, 1.54) is 31.1 Å². The molecule has 0 spiro atoms. The number of urea groups is 1. The van der Waals surface area contributed by atoms with Crippen molar-refractivity contribution in [2.75, 3.05) is 44.2 Å². The number of carbonyl (C=O) groups excluding carboxylic acids is 2. The Morgan fingerprint density at radius 2 is 1.76 bits per heavy atom. The molecule has 34 heavy (non-hydrogen) atoms. The van der Waals surface area contributed by atoms with Gasteiger partial charge in [0, 0.05) is 32.7 Å². The SMILES string of the molecule is CCCCCCCCNC(=O)N1CCN(c2nc(C(F)(F)F)c(C(=O)OCC)cc2C#N)CC1. The number of unbranched alkanes of at least 4 members (excludes halogenated alkanes) is 5. The molecule has 2 rings (SSSR count). The molecule has 1 saturated heterocycles. The molecule has 1 aromatic rings. The van der Waals surface area contributed by atoms with Gasteiger partial charge in [-0.2, -0.15) is 18.4 Å². The van der Waals surface area contributed by atoms with Crippen molar-refractivity contribution in [3.8, 4) is 6.07 Å². The van der Waals surface area contributed by atoms with Gasteiger partial charge in [-0.3, -0.25) is 0 Å². The van der Waals surface area contributed by atoms with E-state index in [0.29, 0.717) is 6.54 Å². The predicted octanol–water partition coefficient (Wildman–Crippen LogP) is 4.34. The Morgan fingerprint density at radius 3 is 2.35 bits per heavy atom. The van der Waals surface area contributed by atoms with E-state index in [4.69, 9.17) is 4.74 Å². The van der Waals surface area contributed by atoms with Gasteiger partial charge in [-0.1, -0.05) is 39.0 Å². The van der Waals surface area contributed by atoms with E-state index in [-0.39, 0.29) is 50.2 Å². The van der Waals surface area contributed by atoms with E-state index >= 15 is 0 Å². The molecule has 0 saturated carbocycles. The van der Waals surface area contributed by atoms with Crippen LogP contribution >= 0.6 is 0 Å². The topological polar surface area (TPSA) is 98.6 Å². The zero-order chi connectivity index (χ0) is 25.1. The average Bonchev–Trinajstić information content (AvgIpc) is 2.82. The Bertz CT molecular complexity index is 878. The van der Waals surface area contributed by atoms with Crippen molar-refractivity contribution in [1.29, 1.82) is 5.26 Å². The molecule has 1 N–H and O–H groups in total. The number of piperazine rings is 1. The van der Waals surface area contributed by atoms with Gasteiger partial charge in [0.25, 0.3) is 0 Å². The van der Waals surface area contributed by atoms with Crippen molar-refractivity contribution in [3.63, 3.8) is 0 Å². The minimum absolute atomic E-state index is 0.108. The van der Waals surface area contributed by atoms with Crippen LogP contribution in [0.5, 0.6) is 0 Å². The summed E-state index contributed by atoms with van der Waals surface area (Å²) in [7, 11) is 0. The van der Waals surface area contributed by atoms with Crippen LogP contribution in [-0.4, -0.2) is 61.2 Å². The third kappa shape index (κ3) is 7.50. The fourth-order valence-electron chi connectivity index (χ4n) is 3.74. The van der Waals surface area contributed by atoms with Gasteiger partial charge in [0.05, 0.1) is 17.7 Å². The summed E-state index contributed by atoms with van der Waals surface area (Å²) in [6, 6.07) is 2.49. The highest BCUT2D eigenvalue weighted by atomic mass is 19.4. The number of carbonyl (C=O) groups is 2. The van der Waals surface area contributed by atoms with Crippen LogP contribution in [0.1, 0.15) is 74.0 Å². The average molecular weight is 484 g/mol. The predicted molar refractivity (Wildman–Crippen MR) is 120 cm³/mol. The number of amides is 2. The molecule has 8 nitrogen and oxygen atoms in total. The van der Waals surface area contributed by atoms with E-state index in [2.05, 4.69) is 17.2 Å². The normalized spacial score (nSPS) is 14.0. The van der Waals surface area contributed by atoms with E-state index in [9.17, 15) is 28.0 Å². The highest BCUT2D eigenvalue weighted by molar-refractivity contribution is 5.92. The van der Waals surface area contributed by atoms with E-state index in [0.717, 1.165) is 25.3 Å². The number of hydrogen-bond donors (Lipinski definition) is 1. The molecule has 0 bridgehead atoms. The van der Waals surface area contributed by atoms with Crippen molar-refractivity contribution in [3.05, 3.63) is 22.9 Å². The van der Waals surface area contributed by atoms with Gasteiger partial charge in [0.1, 0.15) is 11.9 Å². The van der Waals surface area contributed by atoms with Crippen LogP contribution in [0.2, 0.25) is 0 Å². The molecule has 2 heterocycles. The second-order valence-corrected chi connectivity index (χ2v) is 8.06. The lowest BCUT2D eigenvalue weighted by molar-refractivity contribution is -0.141. The number of rotatable bonds is 10. The van der Waals surface area contributed by atoms with Crippen molar-refractivity contribution in [2.24, 2.45) is 0 Å². The van der Waals surface area contributed by atoms with Crippen molar-refractivity contribution >= 4 is 17.8 Å². The number of nitrogens with one attached hydrogen (secondary N) is 1. The number of halogens is 3. The summed E-state index contributed by atoms with van der Waals surface area (Å²) in [6.45, 7) is 5.07. The molecule has 11 heteroatoms. The first kappa shape index (κ1) is 27.2. The Kier molecular flexibility index (Phi) is 10.4. The molecule has 0 unspecified atom stereocenters. The number of nitrogens with zero attached hydrogens (tertiary/aromatic N) is 4. The molecule has 0 atom stereocenters. The minimum atomic E-state index is -4.90. The zero-order valence-corrected chi connectivity index (χ0v) is 19.7. The molecule has 1 fully saturated rings. The quantitative estimate of drug-likeness (QED) is 0.393. The lowest BCUT2D eigenvalue weighted by atomic mass is 10.1. The second kappa shape index (κ2) is 13.0. The van der Waals surface area contributed by atoms with Gasteiger partial charge in [-0.25, -0.2) is 14.6 Å². The smallest absolute Gasteiger partial charge is 0.434 e. The molecule has 0 radical (unpaired) electrons. The number of alkyl halides is 3. The number of pyridine rings is 1. The molecular formula is C23H32F3N5O3. The van der Waals surface area contributed by atoms with Crippen LogP contribution in [0.25, 0.3) is 0 Å². The first-order valence-electron chi connectivity index (χ1n) is 11.7. The van der Waals surface area contributed by atoms with Gasteiger partial charge in [0.2, 0.25) is 0 Å². The Hall–Kier alpha value is -3.03. The zero-order valence-electron chi connectivity index (χ0n) is 19.7. The monoisotopic (exact) mass is 483 g/mol. The Balaban J connectivity index is 2.02. The molecule has 0 aromatic carbocycles. The maximum absolute atomic E-state index is 13.6. The van der Waals surface area contributed by atoms with Crippen LogP contribution in [0.4, 0.5) is 23.8 Å².